The van der Waals surface area contributed by atoms with Crippen molar-refractivity contribution in [1.29, 1.82) is 0 Å². The zero-order valence-electron chi connectivity index (χ0n) is 15.9. The van der Waals surface area contributed by atoms with Gasteiger partial charge in [-0.3, -0.25) is 14.5 Å². The Bertz CT molecular complexity index is 448. The van der Waals surface area contributed by atoms with E-state index in [0.29, 0.717) is 18.5 Å². The lowest BCUT2D eigenvalue weighted by atomic mass is 9.93. The van der Waals surface area contributed by atoms with Crippen LogP contribution in [0.1, 0.15) is 64.2 Å². The van der Waals surface area contributed by atoms with E-state index in [1.807, 2.05) is 11.9 Å². The van der Waals surface area contributed by atoms with Crippen LogP contribution in [0.15, 0.2) is 0 Å². The minimum absolute atomic E-state index is 0.181. The van der Waals surface area contributed by atoms with Crippen LogP contribution in [0.4, 0.5) is 0 Å². The molecule has 0 aromatic heterocycles. The maximum absolute atomic E-state index is 12.6. The van der Waals surface area contributed by atoms with E-state index < -0.39 is 0 Å². The van der Waals surface area contributed by atoms with E-state index in [0.717, 1.165) is 64.7 Å². The molecule has 2 heterocycles. The maximum Gasteiger partial charge on any atom is 0.236 e. The molecular formula is C20H35N3O2. The summed E-state index contributed by atoms with van der Waals surface area (Å²) in [6.07, 6.45) is 11.6. The zero-order chi connectivity index (χ0) is 17.6. The van der Waals surface area contributed by atoms with Gasteiger partial charge < -0.3 is 9.80 Å². The number of rotatable bonds is 4. The number of amides is 2. The van der Waals surface area contributed by atoms with Crippen molar-refractivity contribution in [1.82, 2.24) is 14.7 Å². The van der Waals surface area contributed by atoms with Crippen molar-refractivity contribution in [3.63, 3.8) is 0 Å². The van der Waals surface area contributed by atoms with Crippen molar-refractivity contribution in [2.75, 3.05) is 39.8 Å². The topological polar surface area (TPSA) is 43.9 Å². The van der Waals surface area contributed by atoms with Crippen molar-refractivity contribution in [2.45, 2.75) is 70.3 Å². The number of nitrogens with zero attached hydrogens (tertiary/aromatic N) is 3. The van der Waals surface area contributed by atoms with E-state index in [1.165, 1.54) is 25.7 Å². The van der Waals surface area contributed by atoms with E-state index in [-0.39, 0.29) is 11.8 Å². The lowest BCUT2D eigenvalue weighted by Crippen LogP contribution is -2.48. The molecule has 0 bridgehead atoms. The van der Waals surface area contributed by atoms with E-state index in [2.05, 4.69) is 9.80 Å². The summed E-state index contributed by atoms with van der Waals surface area (Å²) in [5.74, 6) is 0.804. The highest BCUT2D eigenvalue weighted by Crippen LogP contribution is 2.24. The zero-order valence-corrected chi connectivity index (χ0v) is 15.9. The average Bonchev–Trinajstić information content (AvgIpc) is 2.68. The molecule has 3 fully saturated rings. The summed E-state index contributed by atoms with van der Waals surface area (Å²) in [5.41, 5.74) is 0. The quantitative estimate of drug-likeness (QED) is 0.783. The van der Waals surface area contributed by atoms with E-state index in [4.69, 9.17) is 0 Å². The summed E-state index contributed by atoms with van der Waals surface area (Å²) in [7, 11) is 1.98. The van der Waals surface area contributed by atoms with Crippen molar-refractivity contribution >= 4 is 11.8 Å². The second-order valence-electron chi connectivity index (χ2n) is 8.23. The first-order valence-corrected chi connectivity index (χ1v) is 10.4. The van der Waals surface area contributed by atoms with Gasteiger partial charge >= 0.3 is 0 Å². The molecule has 25 heavy (non-hydrogen) atoms. The minimum atomic E-state index is 0.181. The van der Waals surface area contributed by atoms with Crippen molar-refractivity contribution in [2.24, 2.45) is 5.92 Å². The second kappa shape index (κ2) is 9.02. The van der Waals surface area contributed by atoms with Crippen LogP contribution < -0.4 is 0 Å². The maximum atomic E-state index is 12.6. The summed E-state index contributed by atoms with van der Waals surface area (Å²) in [6, 6.07) is 0.444. The van der Waals surface area contributed by atoms with Crippen LogP contribution in [0.5, 0.6) is 0 Å². The molecule has 2 aliphatic heterocycles. The molecule has 0 atom stereocenters. The van der Waals surface area contributed by atoms with Gasteiger partial charge in [-0.2, -0.15) is 0 Å². The van der Waals surface area contributed by atoms with E-state index in [1.54, 1.807) is 0 Å². The first kappa shape index (κ1) is 18.7. The number of hydrogen-bond donors (Lipinski definition) is 0. The van der Waals surface area contributed by atoms with Crippen molar-refractivity contribution < 1.29 is 9.59 Å². The number of carbonyl (C=O) groups is 2. The molecule has 1 saturated carbocycles. The highest BCUT2D eigenvalue weighted by molar-refractivity contribution is 5.79. The highest BCUT2D eigenvalue weighted by Gasteiger charge is 2.30. The number of hydrogen-bond acceptors (Lipinski definition) is 3. The van der Waals surface area contributed by atoms with Gasteiger partial charge in [0.25, 0.3) is 0 Å². The van der Waals surface area contributed by atoms with Gasteiger partial charge in [-0.05, 0) is 58.0 Å². The van der Waals surface area contributed by atoms with Gasteiger partial charge in [-0.15, -0.1) is 0 Å². The molecule has 1 aliphatic carbocycles. The Morgan fingerprint density at radius 1 is 0.840 bits per heavy atom. The Morgan fingerprint density at radius 3 is 2.08 bits per heavy atom. The largest absolute Gasteiger partial charge is 0.342 e. The molecule has 142 valence electrons. The number of carbonyl (C=O) groups excluding carboxylic acids is 2. The molecule has 2 amide bonds. The standard InChI is InChI=1S/C20H35N3O2/c1-21(18-8-4-2-5-9-18)19(24)16-22-14-10-17(11-15-22)20(25)23-12-6-3-7-13-23/h17-18H,2-16H2,1H3. The predicted octanol–water partition coefficient (Wildman–Crippen LogP) is 2.50. The smallest absolute Gasteiger partial charge is 0.236 e. The third-order valence-electron chi connectivity index (χ3n) is 6.48. The Morgan fingerprint density at radius 2 is 1.44 bits per heavy atom. The third-order valence-corrected chi connectivity index (χ3v) is 6.48. The average molecular weight is 350 g/mol. The fourth-order valence-corrected chi connectivity index (χ4v) is 4.69. The number of likely N-dealkylation sites (tertiary alicyclic amines) is 2. The SMILES string of the molecule is CN(C(=O)CN1CCC(C(=O)N2CCCCC2)CC1)C1CCCCC1. The number of piperidine rings is 2. The fraction of sp³-hybridized carbons (Fsp3) is 0.900. The second-order valence-corrected chi connectivity index (χ2v) is 8.23. The summed E-state index contributed by atoms with van der Waals surface area (Å²) < 4.78 is 0. The summed E-state index contributed by atoms with van der Waals surface area (Å²) in [6.45, 7) is 4.19. The van der Waals surface area contributed by atoms with Gasteiger partial charge in [0, 0.05) is 32.1 Å². The molecule has 0 radical (unpaired) electrons. The van der Waals surface area contributed by atoms with Gasteiger partial charge in [0.2, 0.25) is 11.8 Å². The minimum Gasteiger partial charge on any atom is -0.342 e. The molecule has 0 aromatic carbocycles. The lowest BCUT2D eigenvalue weighted by molar-refractivity contribution is -0.138. The van der Waals surface area contributed by atoms with E-state index >= 15 is 0 Å². The van der Waals surface area contributed by atoms with Crippen molar-refractivity contribution in [3.8, 4) is 0 Å². The normalized spacial score (nSPS) is 24.3. The summed E-state index contributed by atoms with van der Waals surface area (Å²) >= 11 is 0. The molecule has 0 N–H and O–H groups in total. The lowest BCUT2D eigenvalue weighted by Gasteiger charge is -2.37. The molecule has 5 heteroatoms. The van der Waals surface area contributed by atoms with Crippen LogP contribution in [0, 0.1) is 5.92 Å². The Balaban J connectivity index is 1.41. The van der Waals surface area contributed by atoms with Gasteiger partial charge in [-0.1, -0.05) is 19.3 Å². The van der Waals surface area contributed by atoms with E-state index in [9.17, 15) is 9.59 Å². The molecule has 0 unspecified atom stereocenters. The van der Waals surface area contributed by atoms with Crippen LogP contribution in [0.3, 0.4) is 0 Å². The number of likely N-dealkylation sites (N-methyl/N-ethyl adjacent to an activating group) is 1. The third kappa shape index (κ3) is 4.96. The fourth-order valence-electron chi connectivity index (χ4n) is 4.69. The van der Waals surface area contributed by atoms with Crippen molar-refractivity contribution in [3.05, 3.63) is 0 Å². The van der Waals surface area contributed by atoms with Gasteiger partial charge in [0.05, 0.1) is 6.54 Å². The van der Waals surface area contributed by atoms with Gasteiger partial charge in [-0.25, -0.2) is 0 Å². The van der Waals surface area contributed by atoms with Crippen LogP contribution >= 0.6 is 0 Å². The van der Waals surface area contributed by atoms with Gasteiger partial charge in [0.15, 0.2) is 0 Å². The van der Waals surface area contributed by atoms with Crippen LogP contribution in [0.2, 0.25) is 0 Å². The molecule has 2 saturated heterocycles. The Kier molecular flexibility index (Phi) is 6.74. The van der Waals surface area contributed by atoms with Gasteiger partial charge in [0.1, 0.15) is 0 Å². The summed E-state index contributed by atoms with van der Waals surface area (Å²) in [5, 5.41) is 0. The summed E-state index contributed by atoms with van der Waals surface area (Å²) in [4.78, 5) is 31.5. The molecular weight excluding hydrogens is 314 g/mol. The highest BCUT2D eigenvalue weighted by atomic mass is 16.2. The molecule has 3 rings (SSSR count). The first-order chi connectivity index (χ1) is 12.1. The van der Waals surface area contributed by atoms with Crippen LogP contribution in [-0.4, -0.2) is 72.3 Å². The predicted molar refractivity (Wildman–Crippen MR) is 99.2 cm³/mol. The molecule has 3 aliphatic rings. The Labute approximate surface area is 152 Å². The Hall–Kier alpha value is -1.10. The van der Waals surface area contributed by atoms with Crippen LogP contribution in [0.25, 0.3) is 0 Å². The molecule has 0 aromatic rings. The molecule has 0 spiro atoms. The first-order valence-electron chi connectivity index (χ1n) is 10.4. The van der Waals surface area contributed by atoms with Crippen LogP contribution in [-0.2, 0) is 9.59 Å². The monoisotopic (exact) mass is 349 g/mol. The molecule has 5 nitrogen and oxygen atoms in total.